The highest BCUT2D eigenvalue weighted by Crippen LogP contribution is 2.34. The smallest absolute Gasteiger partial charge is 0.123 e. The maximum Gasteiger partial charge on any atom is 0.123 e. The first kappa shape index (κ1) is 22.1. The van der Waals surface area contributed by atoms with Crippen LogP contribution in [0.4, 0.5) is 8.78 Å². The van der Waals surface area contributed by atoms with E-state index in [-0.39, 0.29) is 11.6 Å². The second kappa shape index (κ2) is 9.26. The Bertz CT molecular complexity index is 1270. The largest absolute Gasteiger partial charge is 0.388 e. The van der Waals surface area contributed by atoms with Gasteiger partial charge in [0.1, 0.15) is 11.6 Å². The molecule has 0 aliphatic carbocycles. The van der Waals surface area contributed by atoms with Crippen molar-refractivity contribution in [2.24, 2.45) is 0 Å². The topological polar surface area (TPSA) is 28.4 Å². The van der Waals surface area contributed by atoms with Crippen molar-refractivity contribution in [3.8, 4) is 5.69 Å². The molecule has 1 aromatic heterocycles. The minimum absolute atomic E-state index is 0.259. The number of fused-ring (bicyclic) bond motifs is 3. The second-order valence-electron chi connectivity index (χ2n) is 8.63. The highest BCUT2D eigenvalue weighted by molar-refractivity contribution is 6.30. The lowest BCUT2D eigenvalue weighted by Gasteiger charge is -2.28. The van der Waals surface area contributed by atoms with E-state index in [2.05, 4.69) is 9.47 Å². The molecular formula is C27H25ClF2N2O. The Hall–Kier alpha value is -2.73. The predicted molar refractivity (Wildman–Crippen MR) is 128 cm³/mol. The Morgan fingerprint density at radius 3 is 2.42 bits per heavy atom. The Morgan fingerprint density at radius 1 is 0.939 bits per heavy atom. The molecule has 1 N–H and O–H groups in total. The molecule has 0 bridgehead atoms. The van der Waals surface area contributed by atoms with Gasteiger partial charge in [0.2, 0.25) is 0 Å². The highest BCUT2D eigenvalue weighted by atomic mass is 35.5. The number of aliphatic hydroxyl groups is 1. The molecule has 0 saturated carbocycles. The molecule has 3 nitrogen and oxygen atoms in total. The fraction of sp³-hybridized carbons (Fsp3) is 0.259. The Morgan fingerprint density at radius 2 is 1.67 bits per heavy atom. The van der Waals surface area contributed by atoms with Gasteiger partial charge in [0.15, 0.2) is 0 Å². The van der Waals surface area contributed by atoms with Crippen LogP contribution in [0, 0.1) is 11.6 Å². The number of aliphatic hydroxyl groups excluding tert-OH is 1. The predicted octanol–water partition coefficient (Wildman–Crippen LogP) is 6.43. The fourth-order valence-corrected chi connectivity index (χ4v) is 4.95. The van der Waals surface area contributed by atoms with Crippen molar-refractivity contribution in [1.82, 2.24) is 9.47 Å². The van der Waals surface area contributed by atoms with E-state index in [4.69, 9.17) is 11.6 Å². The van der Waals surface area contributed by atoms with E-state index in [0.717, 1.165) is 65.9 Å². The summed E-state index contributed by atoms with van der Waals surface area (Å²) in [6.45, 7) is 2.45. The van der Waals surface area contributed by atoms with Gasteiger partial charge in [-0.3, -0.25) is 4.90 Å². The third-order valence-corrected chi connectivity index (χ3v) is 6.73. The van der Waals surface area contributed by atoms with Crippen LogP contribution in [0.5, 0.6) is 0 Å². The number of hydrogen-bond acceptors (Lipinski definition) is 2. The molecule has 4 aromatic rings. The molecule has 1 aliphatic rings. The second-order valence-corrected chi connectivity index (χ2v) is 9.07. The average Bonchev–Trinajstić information content (AvgIpc) is 3.13. The minimum Gasteiger partial charge on any atom is -0.388 e. The molecule has 0 radical (unpaired) electrons. The van der Waals surface area contributed by atoms with Crippen molar-refractivity contribution in [1.29, 1.82) is 0 Å². The van der Waals surface area contributed by atoms with Gasteiger partial charge < -0.3 is 9.67 Å². The SMILES string of the molecule is OC(CCCN1CCc2c(c3cc(F)ccc3n2-c2ccc(F)cc2)C1)c1ccc(Cl)cc1. The summed E-state index contributed by atoms with van der Waals surface area (Å²) < 4.78 is 29.8. The van der Waals surface area contributed by atoms with E-state index in [1.807, 2.05) is 12.1 Å². The third kappa shape index (κ3) is 4.54. The number of hydrogen-bond donors (Lipinski definition) is 1. The minimum atomic E-state index is -0.517. The van der Waals surface area contributed by atoms with E-state index in [0.29, 0.717) is 11.4 Å². The summed E-state index contributed by atoms with van der Waals surface area (Å²) in [5.74, 6) is -0.535. The zero-order valence-electron chi connectivity index (χ0n) is 18.1. The lowest BCUT2D eigenvalue weighted by molar-refractivity contribution is 0.153. The van der Waals surface area contributed by atoms with Gasteiger partial charge >= 0.3 is 0 Å². The van der Waals surface area contributed by atoms with Crippen molar-refractivity contribution in [2.75, 3.05) is 13.1 Å². The normalized spacial score (nSPS) is 15.0. The molecule has 170 valence electrons. The number of benzene rings is 3. The van der Waals surface area contributed by atoms with Crippen LogP contribution in [0.25, 0.3) is 16.6 Å². The van der Waals surface area contributed by atoms with E-state index in [9.17, 15) is 13.9 Å². The zero-order valence-corrected chi connectivity index (χ0v) is 18.9. The Kier molecular flexibility index (Phi) is 6.19. The Labute approximate surface area is 196 Å². The van der Waals surface area contributed by atoms with Gasteiger partial charge in [-0.05, 0) is 85.1 Å². The summed E-state index contributed by atoms with van der Waals surface area (Å²) in [7, 11) is 0. The van der Waals surface area contributed by atoms with Crippen molar-refractivity contribution in [3.05, 3.63) is 100 Å². The summed E-state index contributed by atoms with van der Waals surface area (Å²) in [5, 5.41) is 12.0. The Balaban J connectivity index is 1.35. The van der Waals surface area contributed by atoms with E-state index >= 15 is 0 Å². The molecule has 1 aliphatic heterocycles. The first-order chi connectivity index (χ1) is 16.0. The zero-order chi connectivity index (χ0) is 22.9. The standard InChI is InChI=1S/C27H25ClF2N2O/c28-19-5-3-18(4-6-19)27(33)2-1-14-31-15-13-26-24(17-31)23-16-21(30)9-12-25(23)32(26)22-10-7-20(29)8-11-22/h3-12,16,27,33H,1-2,13-15,17H2. The van der Waals surface area contributed by atoms with Crippen LogP contribution in [0.3, 0.4) is 0 Å². The molecule has 3 aromatic carbocycles. The van der Waals surface area contributed by atoms with Crippen LogP contribution < -0.4 is 0 Å². The van der Waals surface area contributed by atoms with Crippen molar-refractivity contribution >= 4 is 22.5 Å². The van der Waals surface area contributed by atoms with Crippen molar-refractivity contribution in [2.45, 2.75) is 31.9 Å². The molecule has 6 heteroatoms. The van der Waals surface area contributed by atoms with Gasteiger partial charge in [0.05, 0.1) is 11.6 Å². The molecule has 0 saturated heterocycles. The van der Waals surface area contributed by atoms with Gasteiger partial charge in [-0.1, -0.05) is 23.7 Å². The van der Waals surface area contributed by atoms with E-state index in [1.165, 1.54) is 18.2 Å². The lowest BCUT2D eigenvalue weighted by atomic mass is 10.0. The van der Waals surface area contributed by atoms with Crippen LogP contribution >= 0.6 is 11.6 Å². The van der Waals surface area contributed by atoms with Crippen LogP contribution in [0.15, 0.2) is 66.7 Å². The molecule has 0 spiro atoms. The summed E-state index contributed by atoms with van der Waals surface area (Å²) in [6, 6.07) is 18.6. The average molecular weight is 467 g/mol. The van der Waals surface area contributed by atoms with Gasteiger partial charge in [-0.15, -0.1) is 0 Å². The summed E-state index contributed by atoms with van der Waals surface area (Å²) >= 11 is 5.93. The first-order valence-corrected chi connectivity index (χ1v) is 11.6. The van der Waals surface area contributed by atoms with Gasteiger partial charge in [0.25, 0.3) is 0 Å². The first-order valence-electron chi connectivity index (χ1n) is 11.2. The lowest BCUT2D eigenvalue weighted by Crippen LogP contribution is -2.32. The molecule has 1 atom stereocenters. The highest BCUT2D eigenvalue weighted by Gasteiger charge is 2.25. The van der Waals surface area contributed by atoms with Crippen LogP contribution in [-0.4, -0.2) is 27.7 Å². The van der Waals surface area contributed by atoms with E-state index in [1.54, 1.807) is 36.4 Å². The maximum atomic E-state index is 14.1. The number of rotatable bonds is 6. The van der Waals surface area contributed by atoms with Crippen LogP contribution in [0.1, 0.15) is 35.8 Å². The molecule has 0 fully saturated rings. The third-order valence-electron chi connectivity index (χ3n) is 6.48. The number of aromatic nitrogens is 1. The summed E-state index contributed by atoms with van der Waals surface area (Å²) in [6.07, 6.45) is 1.82. The number of halogens is 3. The van der Waals surface area contributed by atoms with E-state index < -0.39 is 6.10 Å². The molecule has 0 amide bonds. The molecule has 1 unspecified atom stereocenters. The molecular weight excluding hydrogens is 442 g/mol. The maximum absolute atomic E-state index is 14.1. The summed E-state index contributed by atoms with van der Waals surface area (Å²) in [4.78, 5) is 2.36. The quantitative estimate of drug-likeness (QED) is 0.354. The van der Waals surface area contributed by atoms with Gasteiger partial charge in [-0.2, -0.15) is 0 Å². The molecule has 2 heterocycles. The van der Waals surface area contributed by atoms with Crippen LogP contribution in [0.2, 0.25) is 5.02 Å². The van der Waals surface area contributed by atoms with Crippen LogP contribution in [-0.2, 0) is 13.0 Å². The monoisotopic (exact) mass is 466 g/mol. The van der Waals surface area contributed by atoms with Gasteiger partial charge in [0, 0.05) is 41.3 Å². The fourth-order valence-electron chi connectivity index (χ4n) is 4.82. The van der Waals surface area contributed by atoms with Crippen molar-refractivity contribution < 1.29 is 13.9 Å². The van der Waals surface area contributed by atoms with Gasteiger partial charge in [-0.25, -0.2) is 8.78 Å². The van der Waals surface area contributed by atoms with Crippen molar-refractivity contribution in [3.63, 3.8) is 0 Å². The molecule has 5 rings (SSSR count). The summed E-state index contributed by atoms with van der Waals surface area (Å²) in [5.41, 5.74) is 4.97. The number of nitrogens with zero attached hydrogens (tertiary/aromatic N) is 2. The molecule has 33 heavy (non-hydrogen) atoms.